The van der Waals surface area contributed by atoms with Gasteiger partial charge in [-0.3, -0.25) is 0 Å². The molecule has 1 saturated heterocycles. The van der Waals surface area contributed by atoms with E-state index < -0.39 is 31.8 Å². The topological polar surface area (TPSA) is 18.5 Å². The zero-order valence-corrected chi connectivity index (χ0v) is 23.6. The number of hydrogen-bond donors (Lipinski definition) is 0. The Morgan fingerprint density at radius 3 is 1.94 bits per heavy atom. The molecular weight excluding hydrogens is 525 g/mol. The van der Waals surface area contributed by atoms with Gasteiger partial charge >= 0.3 is 12.4 Å². The lowest BCUT2D eigenvalue weighted by molar-refractivity contribution is -0.142. The molecule has 3 rings (SSSR count). The quantitative estimate of drug-likeness (QED) is 0.215. The Morgan fingerprint density at radius 1 is 0.914 bits per heavy atom. The summed E-state index contributed by atoms with van der Waals surface area (Å²) in [6.45, 7) is 15.3. The van der Waals surface area contributed by atoms with Crippen molar-refractivity contribution in [1.29, 1.82) is 0 Å². The highest BCUT2D eigenvalue weighted by molar-refractivity contribution is 7.56. The minimum atomic E-state index is -4.87. The van der Waals surface area contributed by atoms with E-state index in [1.54, 1.807) is 0 Å². The molecule has 35 heavy (non-hydrogen) atoms. The maximum Gasteiger partial charge on any atom is 0.416 e. The van der Waals surface area contributed by atoms with Crippen molar-refractivity contribution in [2.24, 2.45) is 0 Å². The number of halogens is 6. The van der Waals surface area contributed by atoms with Crippen LogP contribution in [0, 0.1) is 13.8 Å². The monoisotopic (exact) mass is 556 g/mol. The van der Waals surface area contributed by atoms with Gasteiger partial charge in [-0.05, 0) is 66.4 Å². The summed E-state index contributed by atoms with van der Waals surface area (Å²) in [5.41, 5.74) is -1.63. The smallest absolute Gasteiger partial charge is 0.411 e. The van der Waals surface area contributed by atoms with Crippen LogP contribution in [0.5, 0.6) is 0 Å². The maximum absolute atomic E-state index is 13.4. The molecule has 1 aromatic carbocycles. The summed E-state index contributed by atoms with van der Waals surface area (Å²) in [6, 6.07) is 1.84. The first kappa shape index (κ1) is 28.6. The molecule has 1 aromatic heterocycles. The highest BCUT2D eigenvalue weighted by Gasteiger charge is 2.44. The predicted molar refractivity (Wildman–Crippen MR) is 133 cm³/mol. The molecule has 0 N–H and O–H groups in total. The first-order valence-electron chi connectivity index (χ1n) is 11.2. The van der Waals surface area contributed by atoms with Crippen LogP contribution >= 0.6 is 19.9 Å². The van der Waals surface area contributed by atoms with Gasteiger partial charge in [-0.25, -0.2) is 0 Å². The fourth-order valence-electron chi connectivity index (χ4n) is 3.95. The number of ether oxygens (including phenoxy) is 1. The van der Waals surface area contributed by atoms with E-state index >= 15 is 0 Å². The van der Waals surface area contributed by atoms with Crippen molar-refractivity contribution >= 4 is 38.8 Å². The van der Waals surface area contributed by atoms with E-state index in [-0.39, 0.29) is 37.0 Å². The second kappa shape index (κ2) is 9.75. The van der Waals surface area contributed by atoms with Gasteiger partial charge < -0.3 is 9.16 Å². The van der Waals surface area contributed by atoms with Crippen molar-refractivity contribution in [2.75, 3.05) is 13.2 Å². The third kappa shape index (κ3) is 6.32. The van der Waals surface area contributed by atoms with Crippen LogP contribution in [0.4, 0.5) is 26.3 Å². The van der Waals surface area contributed by atoms with Gasteiger partial charge in [0.05, 0.1) is 30.4 Å². The molecule has 11 heteroatoms. The van der Waals surface area contributed by atoms with E-state index in [9.17, 15) is 26.3 Å². The maximum atomic E-state index is 13.4. The standard InChI is InChI=1S/C24H31F6O2PSSi/c1-13-20(18-11-31-12-19(18)32-35(6,7)22(3,4)5)21(14(2)34-13)33-17-9-15(23(25,26)27)8-16(10-17)24(28,29)30/h8-10,18-19,33H,11-12H2,1-7H3/t18-,19-/m0/s1. The van der Waals surface area contributed by atoms with Crippen LogP contribution in [0.3, 0.4) is 0 Å². The minimum absolute atomic E-state index is 0.00933. The number of alkyl halides is 6. The molecule has 2 aromatic rings. The van der Waals surface area contributed by atoms with Gasteiger partial charge in [-0.1, -0.05) is 29.4 Å². The molecule has 0 aliphatic carbocycles. The molecule has 1 fully saturated rings. The molecule has 2 nitrogen and oxygen atoms in total. The van der Waals surface area contributed by atoms with Crippen molar-refractivity contribution in [3.8, 4) is 0 Å². The normalized spacial score (nSPS) is 20.4. The summed E-state index contributed by atoms with van der Waals surface area (Å²) < 4.78 is 92.8. The molecule has 0 saturated carbocycles. The summed E-state index contributed by atoms with van der Waals surface area (Å²) in [6.07, 6.45) is -9.95. The Balaban J connectivity index is 2.03. The molecule has 1 aliphatic heterocycles. The summed E-state index contributed by atoms with van der Waals surface area (Å²) in [5, 5.41) is 0.783. The molecule has 196 valence electrons. The number of rotatable bonds is 5. The van der Waals surface area contributed by atoms with Crippen molar-refractivity contribution in [3.63, 3.8) is 0 Å². The predicted octanol–water partition coefficient (Wildman–Crippen LogP) is 7.54. The second-order valence-electron chi connectivity index (χ2n) is 10.5. The van der Waals surface area contributed by atoms with E-state index in [1.165, 1.54) is 11.3 Å². The third-order valence-electron chi connectivity index (χ3n) is 6.82. The largest absolute Gasteiger partial charge is 0.416 e. The van der Waals surface area contributed by atoms with Crippen LogP contribution in [0.15, 0.2) is 18.2 Å². The van der Waals surface area contributed by atoms with Crippen LogP contribution in [-0.2, 0) is 21.5 Å². The average Bonchev–Trinajstić information content (AvgIpc) is 3.22. The summed E-state index contributed by atoms with van der Waals surface area (Å²) in [5.74, 6) is -0.121. The van der Waals surface area contributed by atoms with Gasteiger partial charge in [0.15, 0.2) is 8.32 Å². The van der Waals surface area contributed by atoms with Gasteiger partial charge in [0, 0.05) is 15.7 Å². The molecule has 0 amide bonds. The molecule has 2 heterocycles. The average molecular weight is 557 g/mol. The highest BCUT2D eigenvalue weighted by Crippen LogP contribution is 2.43. The zero-order chi connectivity index (χ0) is 26.6. The van der Waals surface area contributed by atoms with Gasteiger partial charge in [0.2, 0.25) is 0 Å². The summed E-state index contributed by atoms with van der Waals surface area (Å²) in [4.78, 5) is 1.88. The Morgan fingerprint density at radius 2 is 1.46 bits per heavy atom. The third-order valence-corrected chi connectivity index (χ3v) is 14.0. The summed E-state index contributed by atoms with van der Waals surface area (Å²) >= 11 is 1.51. The second-order valence-corrected chi connectivity index (χ2v) is 18.0. The number of benzene rings is 1. The van der Waals surface area contributed by atoms with Gasteiger partial charge in [0.25, 0.3) is 0 Å². The van der Waals surface area contributed by atoms with Crippen molar-refractivity contribution in [1.82, 2.24) is 0 Å². The molecule has 3 atom stereocenters. The molecule has 0 bridgehead atoms. The first-order chi connectivity index (χ1) is 15.8. The van der Waals surface area contributed by atoms with Crippen LogP contribution in [0.1, 0.15) is 53.1 Å². The number of aryl methyl sites for hydroxylation is 2. The van der Waals surface area contributed by atoms with Crippen LogP contribution in [0.25, 0.3) is 0 Å². The Hall–Kier alpha value is -0.933. The lowest BCUT2D eigenvalue weighted by Crippen LogP contribution is -2.45. The molecule has 0 radical (unpaired) electrons. The SMILES string of the molecule is Cc1sc(C)c([C@H]2COC[C@@H]2O[Si](C)(C)C(C)(C)C)c1Pc1cc(C(F)(F)F)cc(C(F)(F)F)c1. The molecule has 1 unspecified atom stereocenters. The molecule has 0 spiro atoms. The fraction of sp³-hybridized carbons (Fsp3) is 0.583. The fourth-order valence-corrected chi connectivity index (χ4v) is 8.15. The first-order valence-corrected chi connectivity index (χ1v) is 16.0. The minimum Gasteiger partial charge on any atom is -0.411 e. The van der Waals surface area contributed by atoms with Crippen molar-refractivity contribution in [3.05, 3.63) is 44.6 Å². The van der Waals surface area contributed by atoms with Crippen LogP contribution < -0.4 is 10.6 Å². The zero-order valence-electron chi connectivity index (χ0n) is 20.8. The number of hydrogen-bond acceptors (Lipinski definition) is 3. The molecular formula is C24H31F6O2PSSi. The highest BCUT2D eigenvalue weighted by atomic mass is 32.1. The molecule has 1 aliphatic rings. The van der Waals surface area contributed by atoms with Crippen molar-refractivity contribution < 1.29 is 35.5 Å². The Labute approximate surface area is 209 Å². The Bertz CT molecular complexity index is 1040. The van der Waals surface area contributed by atoms with Gasteiger partial charge in [-0.2, -0.15) is 26.3 Å². The van der Waals surface area contributed by atoms with Crippen LogP contribution in [0.2, 0.25) is 18.1 Å². The van der Waals surface area contributed by atoms with E-state index in [2.05, 4.69) is 33.9 Å². The van der Waals surface area contributed by atoms with Crippen molar-refractivity contribution in [2.45, 2.75) is 77.1 Å². The Kier molecular flexibility index (Phi) is 7.97. The van der Waals surface area contributed by atoms with Gasteiger partial charge in [-0.15, -0.1) is 11.3 Å². The van der Waals surface area contributed by atoms with E-state index in [0.717, 1.165) is 32.8 Å². The lowest BCUT2D eigenvalue weighted by Gasteiger charge is -2.39. The lowest BCUT2D eigenvalue weighted by atomic mass is 9.96. The van der Waals surface area contributed by atoms with E-state index in [1.807, 2.05) is 13.8 Å². The number of thiophene rings is 1. The van der Waals surface area contributed by atoms with Gasteiger partial charge in [0.1, 0.15) is 0 Å². The van der Waals surface area contributed by atoms with E-state index in [4.69, 9.17) is 9.16 Å². The van der Waals surface area contributed by atoms with E-state index in [0.29, 0.717) is 13.2 Å². The van der Waals surface area contributed by atoms with Crippen LogP contribution in [-0.4, -0.2) is 27.6 Å². The summed E-state index contributed by atoms with van der Waals surface area (Å²) in [7, 11) is -2.48.